The minimum absolute atomic E-state index is 0.472. The molecule has 0 spiro atoms. The van der Waals surface area contributed by atoms with Gasteiger partial charge in [0.2, 0.25) is 4.34 Å². The summed E-state index contributed by atoms with van der Waals surface area (Å²) in [5, 5.41) is 11.5. The van der Waals surface area contributed by atoms with Crippen molar-refractivity contribution >= 4 is 23.3 Å². The third kappa shape index (κ3) is 1.98. The molecule has 1 heterocycles. The lowest BCUT2D eigenvalue weighted by Gasteiger charge is -1.78. The van der Waals surface area contributed by atoms with Crippen molar-refractivity contribution < 1.29 is 4.33 Å². The summed E-state index contributed by atoms with van der Waals surface area (Å²) in [6, 6.07) is 0. The average molecular weight is 162 g/mol. The van der Waals surface area contributed by atoms with E-state index in [1.54, 1.807) is 5.38 Å². The number of nitro groups is 1. The van der Waals surface area contributed by atoms with Gasteiger partial charge in [0.1, 0.15) is 4.33 Å². The molecule has 0 saturated carbocycles. The highest BCUT2D eigenvalue weighted by atomic mass is 32.2. The Labute approximate surface area is 59.2 Å². The maximum absolute atomic E-state index is 9.80. The Kier molecular flexibility index (Phi) is 2.01. The van der Waals surface area contributed by atoms with Crippen LogP contribution in [0.5, 0.6) is 0 Å². The van der Waals surface area contributed by atoms with Crippen LogP contribution in [0.3, 0.4) is 0 Å². The third-order valence-electron chi connectivity index (χ3n) is 0.562. The zero-order valence-electron chi connectivity index (χ0n) is 4.18. The maximum atomic E-state index is 9.80. The predicted molar refractivity (Wildman–Crippen MR) is 35.0 cm³/mol. The van der Waals surface area contributed by atoms with E-state index in [4.69, 9.17) is 0 Å². The summed E-state index contributed by atoms with van der Waals surface area (Å²) in [4.78, 5) is 13.5. The molecule has 6 heteroatoms. The quantitative estimate of drug-likeness (QED) is 0.375. The highest BCUT2D eigenvalue weighted by Gasteiger charge is 2.05. The lowest BCUT2D eigenvalue weighted by molar-refractivity contribution is -0.284. The molecule has 9 heavy (non-hydrogen) atoms. The van der Waals surface area contributed by atoms with Gasteiger partial charge in [0.05, 0.1) is 0 Å². The molecule has 0 atom stereocenters. The topological polar surface area (TPSA) is 56.0 Å². The largest absolute Gasteiger partial charge is 0.297 e. The van der Waals surface area contributed by atoms with Crippen molar-refractivity contribution in [3.63, 3.8) is 0 Å². The van der Waals surface area contributed by atoms with E-state index in [1.165, 1.54) is 17.5 Å². The summed E-state index contributed by atoms with van der Waals surface area (Å²) >= 11 is 1.80. The van der Waals surface area contributed by atoms with E-state index in [2.05, 4.69) is 4.98 Å². The molecule has 0 radical (unpaired) electrons. The van der Waals surface area contributed by atoms with Gasteiger partial charge in [-0.2, -0.15) is 0 Å². The standard InChI is InChI=1S/C3H2N2O2S2/c6-5(7)9-3-4-1-2-8-3/h1-2H. The molecule has 0 unspecified atom stereocenters. The van der Waals surface area contributed by atoms with E-state index in [9.17, 15) is 10.1 Å². The molecule has 0 saturated heterocycles. The molecule has 1 aromatic rings. The van der Waals surface area contributed by atoms with Crippen molar-refractivity contribution in [1.29, 1.82) is 0 Å². The molecule has 0 aliphatic heterocycles. The van der Waals surface area contributed by atoms with Crippen molar-refractivity contribution in [3.05, 3.63) is 21.7 Å². The fraction of sp³-hybridized carbons (Fsp3) is 0. The van der Waals surface area contributed by atoms with E-state index in [0.717, 1.165) is 0 Å². The first kappa shape index (κ1) is 6.50. The molecular weight excluding hydrogens is 160 g/mol. The second kappa shape index (κ2) is 2.79. The number of hydrogen-bond donors (Lipinski definition) is 0. The van der Waals surface area contributed by atoms with Crippen LogP contribution in [-0.4, -0.2) is 9.31 Å². The lowest BCUT2D eigenvalue weighted by Crippen LogP contribution is -1.80. The molecule has 1 rings (SSSR count). The Morgan fingerprint density at radius 1 is 1.89 bits per heavy atom. The molecule has 0 amide bonds. The summed E-state index contributed by atoms with van der Waals surface area (Å²) in [7, 11) is 0. The van der Waals surface area contributed by atoms with Crippen LogP contribution < -0.4 is 0 Å². The number of nitrogens with zero attached hydrogens (tertiary/aromatic N) is 2. The second-order valence-corrected chi connectivity index (χ2v) is 3.13. The zero-order chi connectivity index (χ0) is 6.69. The van der Waals surface area contributed by atoms with Crippen LogP contribution in [0.2, 0.25) is 0 Å². The number of aromatic nitrogens is 1. The van der Waals surface area contributed by atoms with E-state index >= 15 is 0 Å². The van der Waals surface area contributed by atoms with Crippen molar-refractivity contribution in [3.8, 4) is 0 Å². The number of thiazole rings is 1. The third-order valence-corrected chi connectivity index (χ3v) is 2.05. The molecule has 0 N–H and O–H groups in total. The van der Waals surface area contributed by atoms with E-state index < -0.39 is 4.33 Å². The summed E-state index contributed by atoms with van der Waals surface area (Å²) < 4.78 is -0.00116. The minimum Gasteiger partial charge on any atom is -0.250 e. The summed E-state index contributed by atoms with van der Waals surface area (Å²) in [6.07, 6.45) is 1.54. The van der Waals surface area contributed by atoms with Gasteiger partial charge in [0, 0.05) is 11.6 Å². The van der Waals surface area contributed by atoms with Gasteiger partial charge < -0.3 is 0 Å². The van der Waals surface area contributed by atoms with Gasteiger partial charge in [0.25, 0.3) is 11.9 Å². The Hall–Kier alpha value is -0.620. The molecule has 0 aliphatic rings. The molecule has 0 aliphatic carbocycles. The molecule has 0 bridgehead atoms. The van der Waals surface area contributed by atoms with E-state index in [0.29, 0.717) is 16.3 Å². The van der Waals surface area contributed by atoms with Gasteiger partial charge in [0.15, 0.2) is 0 Å². The molecule has 48 valence electrons. The van der Waals surface area contributed by atoms with Crippen LogP contribution in [0.1, 0.15) is 0 Å². The SMILES string of the molecule is O=[N+]([O-])Sc1nccs1. The van der Waals surface area contributed by atoms with Crippen molar-refractivity contribution in [2.75, 3.05) is 0 Å². The Bertz CT molecular complexity index is 198. The Morgan fingerprint density at radius 3 is 3.11 bits per heavy atom. The minimum atomic E-state index is -0.473. The Morgan fingerprint density at radius 2 is 2.67 bits per heavy atom. The van der Waals surface area contributed by atoms with Crippen molar-refractivity contribution in [1.82, 2.24) is 4.98 Å². The lowest BCUT2D eigenvalue weighted by atomic mass is 11.0. The number of rotatable bonds is 2. The van der Waals surface area contributed by atoms with Gasteiger partial charge in [-0.05, 0) is 0 Å². The highest BCUT2D eigenvalue weighted by Crippen LogP contribution is 2.19. The smallest absolute Gasteiger partial charge is 0.250 e. The average Bonchev–Trinajstić information content (AvgIpc) is 2.15. The molecule has 0 aromatic carbocycles. The van der Waals surface area contributed by atoms with Crippen LogP contribution >= 0.6 is 23.3 Å². The van der Waals surface area contributed by atoms with Gasteiger partial charge >= 0.3 is 0 Å². The van der Waals surface area contributed by atoms with Crippen LogP contribution in [0.15, 0.2) is 15.9 Å². The van der Waals surface area contributed by atoms with Gasteiger partial charge in [-0.25, -0.2) is 4.98 Å². The van der Waals surface area contributed by atoms with E-state index in [1.807, 2.05) is 0 Å². The normalized spacial score (nSPS) is 9.33. The highest BCUT2D eigenvalue weighted by molar-refractivity contribution is 7.95. The zero-order valence-corrected chi connectivity index (χ0v) is 5.82. The predicted octanol–water partition coefficient (Wildman–Crippen LogP) is 1.43. The fourth-order valence-corrected chi connectivity index (χ4v) is 1.44. The fourth-order valence-electron chi connectivity index (χ4n) is 0.319. The van der Waals surface area contributed by atoms with Crippen molar-refractivity contribution in [2.45, 2.75) is 4.34 Å². The summed E-state index contributed by atoms with van der Waals surface area (Å²) in [6.45, 7) is 0. The molecule has 4 nitrogen and oxygen atoms in total. The van der Waals surface area contributed by atoms with Gasteiger partial charge in [-0.15, -0.1) is 11.3 Å². The first-order valence-electron chi connectivity index (χ1n) is 2.01. The van der Waals surface area contributed by atoms with Crippen LogP contribution in [0.4, 0.5) is 0 Å². The van der Waals surface area contributed by atoms with Crippen molar-refractivity contribution in [2.24, 2.45) is 0 Å². The monoisotopic (exact) mass is 162 g/mol. The molecular formula is C3H2N2O2S2. The number of hydrogen-bond acceptors (Lipinski definition) is 5. The van der Waals surface area contributed by atoms with E-state index in [-0.39, 0.29) is 0 Å². The summed E-state index contributed by atoms with van der Waals surface area (Å²) in [5.74, 6) is 0. The van der Waals surface area contributed by atoms with Crippen LogP contribution in [0, 0.1) is 10.1 Å². The maximum Gasteiger partial charge on any atom is 0.297 e. The second-order valence-electron chi connectivity index (χ2n) is 1.11. The summed E-state index contributed by atoms with van der Waals surface area (Å²) in [5.41, 5.74) is 0. The Balaban J connectivity index is 2.58. The van der Waals surface area contributed by atoms with Crippen LogP contribution in [0.25, 0.3) is 0 Å². The first-order chi connectivity index (χ1) is 4.29. The van der Waals surface area contributed by atoms with Gasteiger partial charge in [-0.1, -0.05) is 0 Å². The molecule has 0 fully saturated rings. The first-order valence-corrected chi connectivity index (χ1v) is 3.66. The van der Waals surface area contributed by atoms with Gasteiger partial charge in [-0.3, -0.25) is 10.1 Å². The van der Waals surface area contributed by atoms with Crippen LogP contribution in [-0.2, 0) is 0 Å². The molecule has 1 aromatic heterocycles.